The van der Waals surface area contributed by atoms with Crippen LogP contribution in [0.1, 0.15) is 42.3 Å². The molecule has 2 N–H and O–H groups in total. The molecule has 0 radical (unpaired) electrons. The maximum atomic E-state index is 13.2. The van der Waals surface area contributed by atoms with Crippen molar-refractivity contribution < 1.29 is 19.1 Å². The standard InChI is InChI=1S/C23H26N2O4/c1-5-24-14-21(26)25-19-13-17(28-4)7-8-18(19)22(27)16-6-9-20-15(12-16)10-11-23(2,3)29-20/h6-13,24H,5,14H2,1-4H3,(H,25,26). The largest absolute Gasteiger partial charge is 0.497 e. The third kappa shape index (κ3) is 4.84. The summed E-state index contributed by atoms with van der Waals surface area (Å²) in [5, 5.41) is 5.77. The van der Waals surface area contributed by atoms with Crippen molar-refractivity contribution >= 4 is 23.5 Å². The lowest BCUT2D eigenvalue weighted by atomic mass is 9.96. The van der Waals surface area contributed by atoms with Gasteiger partial charge in [0.15, 0.2) is 5.78 Å². The number of likely N-dealkylation sites (N-methyl/N-ethyl adjacent to an activating group) is 1. The van der Waals surface area contributed by atoms with Gasteiger partial charge in [-0.1, -0.05) is 13.0 Å². The average Bonchev–Trinajstić information content (AvgIpc) is 2.70. The molecule has 2 aromatic carbocycles. The summed E-state index contributed by atoms with van der Waals surface area (Å²) >= 11 is 0. The van der Waals surface area contributed by atoms with Gasteiger partial charge in [0.25, 0.3) is 0 Å². The third-order valence-electron chi connectivity index (χ3n) is 4.59. The van der Waals surface area contributed by atoms with Gasteiger partial charge >= 0.3 is 0 Å². The molecular formula is C23H26N2O4. The van der Waals surface area contributed by atoms with Gasteiger partial charge in [-0.3, -0.25) is 9.59 Å². The molecule has 2 aromatic rings. The van der Waals surface area contributed by atoms with Gasteiger partial charge < -0.3 is 20.1 Å². The molecule has 0 atom stereocenters. The Labute approximate surface area is 170 Å². The van der Waals surface area contributed by atoms with E-state index in [4.69, 9.17) is 9.47 Å². The van der Waals surface area contributed by atoms with E-state index in [0.29, 0.717) is 29.1 Å². The van der Waals surface area contributed by atoms with Crippen LogP contribution < -0.4 is 20.1 Å². The molecule has 0 unspecified atom stereocenters. The zero-order chi connectivity index (χ0) is 21.0. The average molecular weight is 394 g/mol. The summed E-state index contributed by atoms with van der Waals surface area (Å²) in [4.78, 5) is 25.4. The van der Waals surface area contributed by atoms with Crippen molar-refractivity contribution in [3.63, 3.8) is 0 Å². The van der Waals surface area contributed by atoms with Crippen LogP contribution in [-0.4, -0.2) is 37.5 Å². The van der Waals surface area contributed by atoms with E-state index in [2.05, 4.69) is 10.6 Å². The van der Waals surface area contributed by atoms with Crippen molar-refractivity contribution in [1.29, 1.82) is 0 Å². The van der Waals surface area contributed by atoms with Crippen LogP contribution in [0.4, 0.5) is 5.69 Å². The Hall–Kier alpha value is -3.12. The van der Waals surface area contributed by atoms with E-state index in [9.17, 15) is 9.59 Å². The van der Waals surface area contributed by atoms with Gasteiger partial charge in [0.05, 0.1) is 19.3 Å². The first kappa shape index (κ1) is 20.6. The Morgan fingerprint density at radius 3 is 2.66 bits per heavy atom. The first-order valence-electron chi connectivity index (χ1n) is 9.58. The SMILES string of the molecule is CCNCC(=O)Nc1cc(OC)ccc1C(=O)c1ccc2c(c1)C=CC(C)(C)O2. The van der Waals surface area contributed by atoms with Crippen LogP contribution in [0.5, 0.6) is 11.5 Å². The number of amides is 1. The number of fused-ring (bicyclic) bond motifs is 1. The first-order valence-corrected chi connectivity index (χ1v) is 9.58. The third-order valence-corrected chi connectivity index (χ3v) is 4.59. The van der Waals surface area contributed by atoms with Crippen molar-refractivity contribution in [2.75, 3.05) is 25.5 Å². The summed E-state index contributed by atoms with van der Waals surface area (Å²) in [6.45, 7) is 6.72. The predicted octanol–water partition coefficient (Wildman–Crippen LogP) is 3.66. The van der Waals surface area contributed by atoms with E-state index in [-0.39, 0.29) is 23.8 Å². The molecule has 1 aliphatic heterocycles. The Morgan fingerprint density at radius 1 is 1.14 bits per heavy atom. The van der Waals surface area contributed by atoms with Crippen LogP contribution in [0.15, 0.2) is 42.5 Å². The molecule has 0 spiro atoms. The van der Waals surface area contributed by atoms with Crippen molar-refractivity contribution in [2.24, 2.45) is 0 Å². The molecule has 0 aromatic heterocycles. The topological polar surface area (TPSA) is 76.7 Å². The number of carbonyl (C=O) groups excluding carboxylic acids is 2. The number of ether oxygens (including phenoxy) is 2. The summed E-state index contributed by atoms with van der Waals surface area (Å²) in [6.07, 6.45) is 3.92. The minimum Gasteiger partial charge on any atom is -0.497 e. The molecule has 0 fully saturated rings. The Morgan fingerprint density at radius 2 is 1.93 bits per heavy atom. The van der Waals surface area contributed by atoms with Gasteiger partial charge in [-0.05, 0) is 56.8 Å². The van der Waals surface area contributed by atoms with Crippen LogP contribution in [0.25, 0.3) is 6.08 Å². The summed E-state index contributed by atoms with van der Waals surface area (Å²) in [5.41, 5.74) is 1.81. The number of rotatable bonds is 7. The van der Waals surface area contributed by atoms with E-state index >= 15 is 0 Å². The summed E-state index contributed by atoms with van der Waals surface area (Å²) in [6, 6.07) is 10.4. The van der Waals surface area contributed by atoms with Crippen molar-refractivity contribution in [3.8, 4) is 11.5 Å². The van der Waals surface area contributed by atoms with E-state index in [1.54, 1.807) is 43.5 Å². The second kappa shape index (κ2) is 8.49. The van der Waals surface area contributed by atoms with E-state index in [0.717, 1.165) is 11.3 Å². The highest BCUT2D eigenvalue weighted by Gasteiger charge is 2.23. The molecule has 1 aliphatic rings. The van der Waals surface area contributed by atoms with Gasteiger partial charge in [0.2, 0.25) is 5.91 Å². The van der Waals surface area contributed by atoms with E-state index < -0.39 is 0 Å². The maximum absolute atomic E-state index is 13.2. The van der Waals surface area contributed by atoms with Crippen LogP contribution in [0.2, 0.25) is 0 Å². The number of benzene rings is 2. The minimum atomic E-state index is -0.377. The zero-order valence-corrected chi connectivity index (χ0v) is 17.2. The highest BCUT2D eigenvalue weighted by atomic mass is 16.5. The van der Waals surface area contributed by atoms with Crippen molar-refractivity contribution in [3.05, 3.63) is 59.2 Å². The van der Waals surface area contributed by atoms with Crippen LogP contribution >= 0.6 is 0 Å². The molecule has 1 heterocycles. The number of hydrogen-bond donors (Lipinski definition) is 2. The molecule has 0 saturated carbocycles. The van der Waals surface area contributed by atoms with Crippen LogP contribution in [0, 0.1) is 0 Å². The molecule has 0 aliphatic carbocycles. The molecule has 152 valence electrons. The normalized spacial score (nSPS) is 13.9. The van der Waals surface area contributed by atoms with Crippen LogP contribution in [-0.2, 0) is 4.79 Å². The fraction of sp³-hybridized carbons (Fsp3) is 0.304. The van der Waals surface area contributed by atoms with Gasteiger partial charge in [0.1, 0.15) is 17.1 Å². The number of methoxy groups -OCH3 is 1. The molecule has 3 rings (SSSR count). The molecule has 0 bridgehead atoms. The number of hydrogen-bond acceptors (Lipinski definition) is 5. The predicted molar refractivity (Wildman–Crippen MR) is 114 cm³/mol. The number of ketones is 1. The Kier molecular flexibility index (Phi) is 6.03. The van der Waals surface area contributed by atoms with E-state index in [1.807, 2.05) is 32.9 Å². The summed E-state index contributed by atoms with van der Waals surface area (Å²) in [5.74, 6) is 0.887. The number of anilines is 1. The van der Waals surface area contributed by atoms with Crippen molar-refractivity contribution in [2.45, 2.75) is 26.4 Å². The first-order chi connectivity index (χ1) is 13.8. The molecule has 6 heteroatoms. The monoisotopic (exact) mass is 394 g/mol. The summed E-state index contributed by atoms with van der Waals surface area (Å²) < 4.78 is 11.2. The van der Waals surface area contributed by atoms with Gasteiger partial charge in [-0.25, -0.2) is 0 Å². The highest BCUT2D eigenvalue weighted by Crippen LogP contribution is 2.33. The van der Waals surface area contributed by atoms with Crippen LogP contribution in [0.3, 0.4) is 0 Å². The highest BCUT2D eigenvalue weighted by molar-refractivity contribution is 6.14. The zero-order valence-electron chi connectivity index (χ0n) is 17.2. The Bertz CT molecular complexity index is 963. The smallest absolute Gasteiger partial charge is 0.238 e. The van der Waals surface area contributed by atoms with Gasteiger partial charge in [-0.15, -0.1) is 0 Å². The van der Waals surface area contributed by atoms with Crippen molar-refractivity contribution in [1.82, 2.24) is 5.32 Å². The summed E-state index contributed by atoms with van der Waals surface area (Å²) in [7, 11) is 1.54. The van der Waals surface area contributed by atoms with Gasteiger partial charge in [0, 0.05) is 22.8 Å². The molecule has 29 heavy (non-hydrogen) atoms. The van der Waals surface area contributed by atoms with Gasteiger partial charge in [-0.2, -0.15) is 0 Å². The lowest BCUT2D eigenvalue weighted by Crippen LogP contribution is -2.28. The quantitative estimate of drug-likeness (QED) is 0.701. The molecule has 1 amide bonds. The lowest BCUT2D eigenvalue weighted by molar-refractivity contribution is -0.115. The second-order valence-electron chi connectivity index (χ2n) is 7.36. The maximum Gasteiger partial charge on any atom is 0.238 e. The molecule has 0 saturated heterocycles. The lowest BCUT2D eigenvalue weighted by Gasteiger charge is -2.28. The molecular weight excluding hydrogens is 368 g/mol. The number of carbonyl (C=O) groups is 2. The fourth-order valence-electron chi connectivity index (χ4n) is 3.06. The molecule has 6 nitrogen and oxygen atoms in total. The Balaban J connectivity index is 1.92. The minimum absolute atomic E-state index is 0.165. The van der Waals surface area contributed by atoms with E-state index in [1.165, 1.54) is 0 Å². The fourth-order valence-corrected chi connectivity index (χ4v) is 3.06. The second-order valence-corrected chi connectivity index (χ2v) is 7.36. The number of nitrogens with one attached hydrogen (secondary N) is 2.